The van der Waals surface area contributed by atoms with E-state index in [0.717, 1.165) is 12.1 Å². The minimum absolute atomic E-state index is 0. The van der Waals surface area contributed by atoms with Crippen LogP contribution in [0.15, 0.2) is 28.0 Å². The van der Waals surface area contributed by atoms with Gasteiger partial charge < -0.3 is 11.9 Å². The molecule has 0 radical (unpaired) electrons. The molecule has 0 fully saturated rings. The van der Waals surface area contributed by atoms with Gasteiger partial charge in [0.15, 0.2) is 0 Å². The van der Waals surface area contributed by atoms with Crippen molar-refractivity contribution >= 4 is 25.9 Å². The van der Waals surface area contributed by atoms with Crippen LogP contribution in [-0.2, 0) is 20.2 Å². The normalized spacial score (nSPS) is 11.9. The molecule has 92 valence electrons. The third-order valence-electron chi connectivity index (χ3n) is 1.50. The number of anilines is 1. The molecule has 1 aromatic carbocycles. The zero-order valence-electron chi connectivity index (χ0n) is 7.86. The third-order valence-corrected chi connectivity index (χ3v) is 3.16. The highest BCUT2D eigenvalue weighted by Crippen LogP contribution is 2.19. The molecule has 0 heterocycles. The fourth-order valence-electron chi connectivity index (χ4n) is 0.892. The van der Waals surface area contributed by atoms with E-state index in [9.17, 15) is 16.8 Å². The fourth-order valence-corrected chi connectivity index (χ4v) is 2.09. The van der Waals surface area contributed by atoms with E-state index < -0.39 is 30.0 Å². The van der Waals surface area contributed by atoms with Gasteiger partial charge >= 0.3 is 0 Å². The molecule has 0 bridgehead atoms. The maximum atomic E-state index is 10.7. The molecule has 0 unspecified atom stereocenters. The van der Waals surface area contributed by atoms with Crippen LogP contribution in [0.25, 0.3) is 0 Å². The summed E-state index contributed by atoms with van der Waals surface area (Å²) in [5.74, 6) is 0. The molecule has 10 heteroatoms. The molecular formula is C6H10N2O6S2. The first kappa shape index (κ1) is 14.8. The summed E-state index contributed by atoms with van der Waals surface area (Å²) in [7, 11) is -9.13. The summed E-state index contributed by atoms with van der Waals surface area (Å²) in [6.07, 6.45) is 0. The molecule has 16 heavy (non-hydrogen) atoms. The summed E-state index contributed by atoms with van der Waals surface area (Å²) in [6, 6.07) is 2.33. The van der Waals surface area contributed by atoms with E-state index in [2.05, 4.69) is 0 Å². The van der Waals surface area contributed by atoms with Crippen molar-refractivity contribution in [3.05, 3.63) is 18.2 Å². The van der Waals surface area contributed by atoms with Gasteiger partial charge in [-0.2, -0.15) is 16.8 Å². The lowest BCUT2D eigenvalue weighted by Crippen LogP contribution is -2.04. The van der Waals surface area contributed by atoms with E-state index in [0.29, 0.717) is 6.07 Å². The monoisotopic (exact) mass is 270 g/mol. The van der Waals surface area contributed by atoms with E-state index in [1.165, 1.54) is 0 Å². The predicted octanol–water partition coefficient (Wildman–Crippen LogP) is -0.0758. The Morgan fingerprint density at radius 1 is 0.875 bits per heavy atom. The topological polar surface area (TPSA) is 170 Å². The molecule has 0 spiro atoms. The van der Waals surface area contributed by atoms with E-state index in [1.54, 1.807) is 0 Å². The predicted molar refractivity (Wildman–Crippen MR) is 55.5 cm³/mol. The van der Waals surface area contributed by atoms with Crippen LogP contribution in [0.5, 0.6) is 0 Å². The second-order valence-electron chi connectivity index (χ2n) is 2.69. The number of benzene rings is 1. The summed E-state index contributed by atoms with van der Waals surface area (Å²) in [5.41, 5.74) is 4.99. The highest BCUT2D eigenvalue weighted by molar-refractivity contribution is 7.86. The Morgan fingerprint density at radius 2 is 1.19 bits per heavy atom. The van der Waals surface area contributed by atoms with Gasteiger partial charge in [-0.1, -0.05) is 0 Å². The van der Waals surface area contributed by atoms with Crippen LogP contribution in [0, 0.1) is 0 Å². The van der Waals surface area contributed by atoms with E-state index in [1.807, 2.05) is 0 Å². The molecule has 0 saturated carbocycles. The highest BCUT2D eigenvalue weighted by atomic mass is 32.2. The van der Waals surface area contributed by atoms with Crippen LogP contribution in [-0.4, -0.2) is 25.9 Å². The minimum atomic E-state index is -4.56. The Hall–Kier alpha value is -1.20. The van der Waals surface area contributed by atoms with E-state index in [4.69, 9.17) is 14.8 Å². The first-order chi connectivity index (χ1) is 6.60. The van der Waals surface area contributed by atoms with Crippen LogP contribution < -0.4 is 11.9 Å². The van der Waals surface area contributed by atoms with Crippen molar-refractivity contribution < 1.29 is 25.9 Å². The van der Waals surface area contributed by atoms with Gasteiger partial charge in [-0.15, -0.1) is 0 Å². The molecule has 0 saturated heterocycles. The zero-order chi connectivity index (χ0) is 11.9. The summed E-state index contributed by atoms with van der Waals surface area (Å²) in [5, 5.41) is 0. The summed E-state index contributed by atoms with van der Waals surface area (Å²) in [4.78, 5) is -1.40. The Balaban J connectivity index is 0.00000225. The lowest BCUT2D eigenvalue weighted by molar-refractivity contribution is 0.481. The maximum absolute atomic E-state index is 10.7. The molecule has 0 amide bonds. The number of hydrogen-bond donors (Lipinski definition) is 4. The van der Waals surface area contributed by atoms with Gasteiger partial charge in [0.05, 0.1) is 9.79 Å². The van der Waals surface area contributed by atoms with E-state index in [-0.39, 0.29) is 11.8 Å². The molecule has 0 aromatic heterocycles. The number of hydrogen-bond acceptors (Lipinski definition) is 6. The second kappa shape index (κ2) is 4.35. The second-order valence-corrected chi connectivity index (χ2v) is 5.53. The van der Waals surface area contributed by atoms with Crippen LogP contribution in [0.2, 0.25) is 0 Å². The van der Waals surface area contributed by atoms with Crippen LogP contribution in [0.1, 0.15) is 0 Å². The third kappa shape index (κ3) is 3.43. The Kier molecular flexibility index (Phi) is 4.02. The largest absolute Gasteiger partial charge is 0.399 e. The lowest BCUT2D eigenvalue weighted by atomic mass is 10.3. The van der Waals surface area contributed by atoms with Crippen molar-refractivity contribution in [2.75, 3.05) is 5.73 Å². The maximum Gasteiger partial charge on any atom is 0.294 e. The molecule has 8 nitrogen and oxygen atoms in total. The lowest BCUT2D eigenvalue weighted by Gasteiger charge is -2.02. The van der Waals surface area contributed by atoms with Gasteiger partial charge in [0.25, 0.3) is 20.2 Å². The average molecular weight is 270 g/mol. The zero-order valence-corrected chi connectivity index (χ0v) is 9.49. The van der Waals surface area contributed by atoms with Crippen molar-refractivity contribution in [1.29, 1.82) is 0 Å². The first-order valence-corrected chi connectivity index (χ1v) is 6.34. The average Bonchev–Trinajstić information content (AvgIpc) is 1.99. The Morgan fingerprint density at radius 3 is 1.44 bits per heavy atom. The standard InChI is InChI=1S/C6H7NO6S2.H3N/c7-4-1-5(14(8,9)10)3-6(2-4)15(11,12)13;/h1-3H,7H2,(H,8,9,10)(H,11,12,13);1H3. The van der Waals surface area contributed by atoms with Crippen molar-refractivity contribution in [2.45, 2.75) is 9.79 Å². The molecule has 1 rings (SSSR count). The SMILES string of the molecule is N.Nc1cc(S(=O)(=O)O)cc(S(=O)(=O)O)c1. The van der Waals surface area contributed by atoms with Crippen molar-refractivity contribution in [3.63, 3.8) is 0 Å². The molecule has 7 N–H and O–H groups in total. The summed E-state index contributed by atoms with van der Waals surface area (Å²) < 4.78 is 60.0. The number of nitrogen functional groups attached to an aromatic ring is 1. The Bertz CT molecular complexity index is 541. The van der Waals surface area contributed by atoms with Gasteiger partial charge in [0, 0.05) is 5.69 Å². The molecule has 0 aliphatic rings. The summed E-state index contributed by atoms with van der Waals surface area (Å²) in [6.45, 7) is 0. The highest BCUT2D eigenvalue weighted by Gasteiger charge is 2.17. The molecule has 0 aliphatic carbocycles. The van der Waals surface area contributed by atoms with Gasteiger partial charge in [-0.3, -0.25) is 9.11 Å². The van der Waals surface area contributed by atoms with Crippen LogP contribution >= 0.6 is 0 Å². The minimum Gasteiger partial charge on any atom is -0.399 e. The van der Waals surface area contributed by atoms with Crippen LogP contribution in [0.3, 0.4) is 0 Å². The quantitative estimate of drug-likeness (QED) is 0.427. The Labute approximate surface area is 92.2 Å². The molecule has 1 aromatic rings. The van der Waals surface area contributed by atoms with Gasteiger partial charge in [0.2, 0.25) is 0 Å². The smallest absolute Gasteiger partial charge is 0.294 e. The molecule has 0 atom stereocenters. The van der Waals surface area contributed by atoms with Crippen molar-refractivity contribution in [3.8, 4) is 0 Å². The molecule has 0 aliphatic heterocycles. The van der Waals surface area contributed by atoms with Gasteiger partial charge in [-0.25, -0.2) is 0 Å². The van der Waals surface area contributed by atoms with Gasteiger partial charge in [0.1, 0.15) is 0 Å². The van der Waals surface area contributed by atoms with Crippen molar-refractivity contribution in [2.24, 2.45) is 0 Å². The number of rotatable bonds is 2. The summed E-state index contributed by atoms with van der Waals surface area (Å²) >= 11 is 0. The number of nitrogens with two attached hydrogens (primary N) is 1. The van der Waals surface area contributed by atoms with Gasteiger partial charge in [-0.05, 0) is 18.2 Å². The van der Waals surface area contributed by atoms with Crippen LogP contribution in [0.4, 0.5) is 5.69 Å². The van der Waals surface area contributed by atoms with E-state index >= 15 is 0 Å². The molecular weight excluding hydrogens is 260 g/mol. The fraction of sp³-hybridized carbons (Fsp3) is 0. The first-order valence-electron chi connectivity index (χ1n) is 3.46. The van der Waals surface area contributed by atoms with Crippen molar-refractivity contribution in [1.82, 2.24) is 6.15 Å².